The Hall–Kier alpha value is -4.43. The summed E-state index contributed by atoms with van der Waals surface area (Å²) in [7, 11) is 0. The van der Waals surface area contributed by atoms with Gasteiger partial charge in [-0.3, -0.25) is 4.79 Å². The summed E-state index contributed by atoms with van der Waals surface area (Å²) in [6.07, 6.45) is 4.22. The quantitative estimate of drug-likeness (QED) is 0.428. The molecule has 1 N–H and O–H groups in total. The van der Waals surface area contributed by atoms with Gasteiger partial charge in [0, 0.05) is 10.8 Å². The van der Waals surface area contributed by atoms with Crippen molar-refractivity contribution in [2.75, 3.05) is 0 Å². The van der Waals surface area contributed by atoms with Gasteiger partial charge in [0.1, 0.15) is 6.29 Å². The zero-order valence-electron chi connectivity index (χ0n) is 18.0. The minimum atomic E-state index is 0.658. The summed E-state index contributed by atoms with van der Waals surface area (Å²) in [5.74, 6) is 0. The molecule has 0 fully saturated rings. The maximum Gasteiger partial charge on any atom is 0.150 e. The standard InChI is InChI=1S/C31H22O2/c32-20-22-11-15-24(16-12-22)28-19-29(25-17-13-23(21-33)14-18-25)31(27-9-5-2-6-10-27)30(28)26-7-3-1-4-8-26/h1-21,32H. The van der Waals surface area contributed by atoms with E-state index in [1.807, 2.05) is 60.7 Å². The Morgan fingerprint density at radius 1 is 0.576 bits per heavy atom. The fourth-order valence-electron chi connectivity index (χ4n) is 4.31. The third-order valence-electron chi connectivity index (χ3n) is 5.93. The van der Waals surface area contributed by atoms with Crippen molar-refractivity contribution in [3.8, 4) is 0 Å². The minimum absolute atomic E-state index is 0.658. The van der Waals surface area contributed by atoms with E-state index in [4.69, 9.17) is 0 Å². The van der Waals surface area contributed by atoms with Gasteiger partial charge >= 0.3 is 0 Å². The van der Waals surface area contributed by atoms with Crippen LogP contribution in [0.15, 0.2) is 115 Å². The lowest BCUT2D eigenvalue weighted by molar-refractivity contribution is 0.112. The highest BCUT2D eigenvalue weighted by Crippen LogP contribution is 2.47. The molecule has 1 aliphatic carbocycles. The molecule has 0 saturated heterocycles. The van der Waals surface area contributed by atoms with Gasteiger partial charge in [0.05, 0.1) is 6.26 Å². The number of hydrogen-bond acceptors (Lipinski definition) is 2. The molecule has 0 aromatic heterocycles. The molecule has 0 radical (unpaired) electrons. The van der Waals surface area contributed by atoms with Crippen molar-refractivity contribution in [1.29, 1.82) is 0 Å². The molecule has 0 heterocycles. The summed E-state index contributed by atoms with van der Waals surface area (Å²) in [5.41, 5.74) is 8.56. The number of rotatable bonds is 4. The highest BCUT2D eigenvalue weighted by molar-refractivity contribution is 6.31. The number of hydrogen-bond donors (Lipinski definition) is 1. The van der Waals surface area contributed by atoms with Crippen LogP contribution in [0.3, 0.4) is 0 Å². The van der Waals surface area contributed by atoms with Crippen molar-refractivity contribution in [3.63, 3.8) is 0 Å². The smallest absolute Gasteiger partial charge is 0.150 e. The second-order valence-corrected chi connectivity index (χ2v) is 7.94. The summed E-state index contributed by atoms with van der Waals surface area (Å²) in [4.78, 5) is 11.2. The Balaban J connectivity index is 1.87. The van der Waals surface area contributed by atoms with Crippen molar-refractivity contribution >= 4 is 34.8 Å². The van der Waals surface area contributed by atoms with E-state index in [2.05, 4.69) is 54.6 Å². The van der Waals surface area contributed by atoms with Gasteiger partial charge in [0.2, 0.25) is 0 Å². The molecule has 0 aliphatic heterocycles. The Morgan fingerprint density at radius 3 is 1.70 bits per heavy atom. The average Bonchev–Trinajstić information content (AvgIpc) is 3.30. The van der Waals surface area contributed by atoms with Gasteiger partial charge in [-0.1, -0.05) is 109 Å². The Kier molecular flexibility index (Phi) is 5.57. The first-order valence-electron chi connectivity index (χ1n) is 10.9. The lowest BCUT2D eigenvalue weighted by atomic mass is 9.89. The van der Waals surface area contributed by atoms with Gasteiger partial charge in [-0.2, -0.15) is 0 Å². The van der Waals surface area contributed by atoms with Crippen LogP contribution in [-0.4, -0.2) is 11.4 Å². The Bertz CT molecular complexity index is 1470. The normalized spacial score (nSPS) is 13.1. The van der Waals surface area contributed by atoms with Gasteiger partial charge in [-0.05, 0) is 50.3 Å². The van der Waals surface area contributed by atoms with Crippen LogP contribution in [0, 0.1) is 0 Å². The van der Waals surface area contributed by atoms with E-state index in [9.17, 15) is 9.90 Å². The van der Waals surface area contributed by atoms with Crippen molar-refractivity contribution in [1.82, 2.24) is 0 Å². The molecule has 0 bridgehead atoms. The molecule has 158 valence electrons. The summed E-state index contributed by atoms with van der Waals surface area (Å²) in [5, 5.41) is 11.2. The van der Waals surface area contributed by atoms with Crippen LogP contribution in [0.1, 0.15) is 27.0 Å². The number of carbonyl (C=O) groups excluding carboxylic acids is 1. The molecule has 0 spiro atoms. The molecule has 4 aromatic rings. The second-order valence-electron chi connectivity index (χ2n) is 7.94. The Labute approximate surface area is 192 Å². The average molecular weight is 427 g/mol. The molecule has 2 heteroatoms. The second kappa shape index (κ2) is 8.97. The predicted molar refractivity (Wildman–Crippen MR) is 136 cm³/mol. The van der Waals surface area contributed by atoms with Gasteiger partial charge in [0.15, 0.2) is 0 Å². The molecule has 2 nitrogen and oxygen atoms in total. The molecule has 0 unspecified atom stereocenters. The zero-order valence-corrected chi connectivity index (χ0v) is 18.0. The van der Waals surface area contributed by atoms with E-state index >= 15 is 0 Å². The van der Waals surface area contributed by atoms with Crippen molar-refractivity contribution in [3.05, 3.63) is 148 Å². The highest BCUT2D eigenvalue weighted by Gasteiger charge is 2.25. The maximum absolute atomic E-state index is 11.2. The number of carbonyl (C=O) groups is 1. The molecule has 4 aromatic carbocycles. The molecule has 33 heavy (non-hydrogen) atoms. The van der Waals surface area contributed by atoms with Crippen LogP contribution in [0.2, 0.25) is 0 Å². The molecule has 5 rings (SSSR count). The van der Waals surface area contributed by atoms with Crippen molar-refractivity contribution in [2.45, 2.75) is 0 Å². The van der Waals surface area contributed by atoms with Crippen LogP contribution in [0.5, 0.6) is 0 Å². The van der Waals surface area contributed by atoms with Crippen LogP contribution >= 0.6 is 0 Å². The van der Waals surface area contributed by atoms with E-state index in [0.29, 0.717) is 5.56 Å². The first kappa shape index (κ1) is 20.5. The van der Waals surface area contributed by atoms with Crippen LogP contribution in [0.4, 0.5) is 0 Å². The lowest BCUT2D eigenvalue weighted by Crippen LogP contribution is -2.10. The van der Waals surface area contributed by atoms with Gasteiger partial charge in [0.25, 0.3) is 0 Å². The van der Waals surface area contributed by atoms with Crippen LogP contribution in [-0.2, 0) is 0 Å². The third-order valence-corrected chi connectivity index (χ3v) is 5.93. The number of benzene rings is 4. The van der Waals surface area contributed by atoms with E-state index in [1.54, 1.807) is 0 Å². The summed E-state index contributed by atoms with van der Waals surface area (Å²) in [6.45, 7) is 0. The minimum Gasteiger partial charge on any atom is -0.515 e. The molecular weight excluding hydrogens is 404 g/mol. The van der Waals surface area contributed by atoms with Crippen molar-refractivity contribution in [2.24, 2.45) is 0 Å². The molecule has 1 aliphatic rings. The summed E-state index contributed by atoms with van der Waals surface area (Å²) >= 11 is 0. The number of allylic oxidation sites excluding steroid dienone is 4. The predicted octanol–water partition coefficient (Wildman–Crippen LogP) is 5.65. The van der Waals surface area contributed by atoms with E-state index in [0.717, 1.165) is 62.0 Å². The molecular formula is C31H22O2. The largest absolute Gasteiger partial charge is 0.515 e. The molecule has 0 amide bonds. The lowest BCUT2D eigenvalue weighted by Gasteiger charge is -2.14. The summed E-state index contributed by atoms with van der Waals surface area (Å²) in [6, 6.07) is 36.5. The molecule has 0 atom stereocenters. The number of aliphatic hydroxyl groups excluding tert-OH is 1. The first-order chi connectivity index (χ1) is 16.3. The molecule has 0 saturated carbocycles. The van der Waals surface area contributed by atoms with Crippen molar-refractivity contribution < 1.29 is 9.90 Å². The van der Waals surface area contributed by atoms with Gasteiger partial charge < -0.3 is 5.11 Å². The van der Waals surface area contributed by atoms with Gasteiger partial charge in [-0.15, -0.1) is 0 Å². The van der Waals surface area contributed by atoms with Crippen LogP contribution in [0.25, 0.3) is 28.6 Å². The fourth-order valence-corrected chi connectivity index (χ4v) is 4.31. The third kappa shape index (κ3) is 3.95. The topological polar surface area (TPSA) is 37.3 Å². The van der Waals surface area contributed by atoms with Gasteiger partial charge in [-0.25, -0.2) is 0 Å². The van der Waals surface area contributed by atoms with Crippen LogP contribution < -0.4 is 10.4 Å². The number of aliphatic hydroxyl groups is 1. The Morgan fingerprint density at radius 2 is 1.15 bits per heavy atom. The first-order valence-corrected chi connectivity index (χ1v) is 10.9. The SMILES string of the molecule is O=Cc1ccc(C2=CC(=c3ccc(=CO)cc3)C(c3ccccc3)=C2c2ccccc2)cc1. The summed E-state index contributed by atoms with van der Waals surface area (Å²) < 4.78 is 0. The number of aldehydes is 1. The zero-order chi connectivity index (χ0) is 22.6. The van der Waals surface area contributed by atoms with E-state index in [1.165, 1.54) is 0 Å². The highest BCUT2D eigenvalue weighted by atomic mass is 16.2. The van der Waals surface area contributed by atoms with E-state index in [-0.39, 0.29) is 0 Å². The monoisotopic (exact) mass is 426 g/mol. The van der Waals surface area contributed by atoms with E-state index < -0.39 is 0 Å². The fraction of sp³-hybridized carbons (Fsp3) is 0. The maximum atomic E-state index is 11.2.